The van der Waals surface area contributed by atoms with Crippen molar-refractivity contribution in [2.24, 2.45) is 0 Å². The van der Waals surface area contributed by atoms with Gasteiger partial charge in [-0.2, -0.15) is 0 Å². The summed E-state index contributed by atoms with van der Waals surface area (Å²) in [6.45, 7) is 3.05. The van der Waals surface area contributed by atoms with Gasteiger partial charge >= 0.3 is 0 Å². The molecular formula is C26H27ClNO4+. The van der Waals surface area contributed by atoms with Crippen molar-refractivity contribution in [1.82, 2.24) is 0 Å². The minimum Gasteiger partial charge on any atom is -0.493 e. The van der Waals surface area contributed by atoms with Gasteiger partial charge in [-0.1, -0.05) is 23.7 Å². The Morgan fingerprint density at radius 1 is 0.938 bits per heavy atom. The smallest absolute Gasteiger partial charge is 0.161 e. The van der Waals surface area contributed by atoms with E-state index in [1.807, 2.05) is 18.2 Å². The second-order valence-electron chi connectivity index (χ2n) is 8.21. The standard InChI is InChI=1S/C26H26ClNO4/c1-29-23-14-18-8-9-28(16-17-6-7-22-25(12-17)32-11-10-31-22)26(21(18)15-24(23)30-2)19-4-3-5-20(27)13-19/h3-7,12-15,26H,8-11,16H2,1-2H3/p+1/t26-/m1/s1. The van der Waals surface area contributed by atoms with Crippen LogP contribution in [-0.2, 0) is 13.0 Å². The number of ether oxygens (including phenoxy) is 4. The van der Waals surface area contributed by atoms with Gasteiger partial charge in [-0.25, -0.2) is 0 Å². The van der Waals surface area contributed by atoms with Crippen molar-refractivity contribution in [3.63, 3.8) is 0 Å². The molecule has 6 heteroatoms. The van der Waals surface area contributed by atoms with Crippen molar-refractivity contribution in [1.29, 1.82) is 0 Å². The van der Waals surface area contributed by atoms with Gasteiger partial charge in [-0.3, -0.25) is 0 Å². The molecule has 0 bridgehead atoms. The summed E-state index contributed by atoms with van der Waals surface area (Å²) in [5, 5.41) is 0.744. The minimum absolute atomic E-state index is 0.130. The van der Waals surface area contributed by atoms with Gasteiger partial charge < -0.3 is 23.8 Å². The SMILES string of the molecule is COc1cc2c(cc1OC)[C@@H](c1cccc(Cl)c1)[NH+](Cc1ccc3c(c1)OCCO3)CC2. The molecule has 1 unspecified atom stereocenters. The largest absolute Gasteiger partial charge is 0.493 e. The highest BCUT2D eigenvalue weighted by Crippen LogP contribution is 2.37. The number of hydrogen-bond donors (Lipinski definition) is 1. The number of nitrogens with one attached hydrogen (secondary N) is 1. The van der Waals surface area contributed by atoms with Gasteiger partial charge in [0.05, 0.1) is 20.8 Å². The quantitative estimate of drug-likeness (QED) is 0.638. The lowest BCUT2D eigenvalue weighted by Crippen LogP contribution is -3.12. The van der Waals surface area contributed by atoms with Crippen LogP contribution in [0.2, 0.25) is 5.02 Å². The lowest BCUT2D eigenvalue weighted by Gasteiger charge is -2.35. The average Bonchev–Trinajstić information content (AvgIpc) is 2.83. The molecule has 0 radical (unpaired) electrons. The lowest BCUT2D eigenvalue weighted by molar-refractivity contribution is -0.941. The molecule has 1 N–H and O–H groups in total. The predicted octanol–water partition coefficient (Wildman–Crippen LogP) is 3.86. The molecule has 0 aliphatic carbocycles. The molecule has 2 heterocycles. The molecule has 0 amide bonds. The van der Waals surface area contributed by atoms with Crippen LogP contribution in [0.5, 0.6) is 23.0 Å². The van der Waals surface area contributed by atoms with Crippen LogP contribution in [0.1, 0.15) is 28.3 Å². The van der Waals surface area contributed by atoms with Gasteiger partial charge in [0.15, 0.2) is 23.0 Å². The molecule has 32 heavy (non-hydrogen) atoms. The average molecular weight is 453 g/mol. The third kappa shape index (κ3) is 3.98. The van der Waals surface area contributed by atoms with Crippen molar-refractivity contribution in [3.05, 3.63) is 81.9 Å². The molecule has 0 aromatic heterocycles. The zero-order valence-electron chi connectivity index (χ0n) is 18.3. The van der Waals surface area contributed by atoms with Gasteiger partial charge in [-0.05, 0) is 48.0 Å². The summed E-state index contributed by atoms with van der Waals surface area (Å²) in [6.07, 6.45) is 0.965. The first-order valence-corrected chi connectivity index (χ1v) is 11.3. The Labute approximate surface area is 193 Å². The summed E-state index contributed by atoms with van der Waals surface area (Å²) in [5.41, 5.74) is 4.96. The van der Waals surface area contributed by atoms with Gasteiger partial charge in [-0.15, -0.1) is 0 Å². The van der Waals surface area contributed by atoms with Crippen molar-refractivity contribution in [3.8, 4) is 23.0 Å². The predicted molar refractivity (Wildman–Crippen MR) is 124 cm³/mol. The molecule has 0 spiro atoms. The molecule has 5 rings (SSSR count). The molecule has 3 aromatic rings. The Kier molecular flexibility index (Phi) is 5.85. The fourth-order valence-electron chi connectivity index (χ4n) is 4.83. The molecule has 2 atom stereocenters. The molecule has 166 valence electrons. The zero-order chi connectivity index (χ0) is 22.1. The maximum Gasteiger partial charge on any atom is 0.161 e. The van der Waals surface area contributed by atoms with Crippen LogP contribution in [0.25, 0.3) is 0 Å². The Balaban J connectivity index is 1.55. The van der Waals surface area contributed by atoms with Crippen molar-refractivity contribution in [2.45, 2.75) is 19.0 Å². The summed E-state index contributed by atoms with van der Waals surface area (Å²) in [6, 6.07) is 18.8. The number of methoxy groups -OCH3 is 2. The number of rotatable bonds is 5. The maximum absolute atomic E-state index is 6.40. The molecule has 3 aromatic carbocycles. The second kappa shape index (κ2) is 8.93. The second-order valence-corrected chi connectivity index (χ2v) is 8.64. The van der Waals surface area contributed by atoms with Gasteiger partial charge in [0.1, 0.15) is 25.8 Å². The minimum atomic E-state index is 0.130. The molecule has 0 saturated heterocycles. The Morgan fingerprint density at radius 3 is 2.50 bits per heavy atom. The zero-order valence-corrected chi connectivity index (χ0v) is 19.1. The first-order chi connectivity index (χ1) is 15.7. The van der Waals surface area contributed by atoms with Crippen LogP contribution in [-0.4, -0.2) is 34.0 Å². The van der Waals surface area contributed by atoms with E-state index in [1.54, 1.807) is 14.2 Å². The fraction of sp³-hybridized carbons (Fsp3) is 0.308. The summed E-state index contributed by atoms with van der Waals surface area (Å²) in [7, 11) is 3.36. The Bertz CT molecular complexity index is 1130. The van der Waals surface area contributed by atoms with E-state index in [-0.39, 0.29) is 6.04 Å². The van der Waals surface area contributed by atoms with E-state index < -0.39 is 0 Å². The van der Waals surface area contributed by atoms with E-state index in [0.717, 1.165) is 47.5 Å². The number of fused-ring (bicyclic) bond motifs is 2. The summed E-state index contributed by atoms with van der Waals surface area (Å²) >= 11 is 6.40. The van der Waals surface area contributed by atoms with Crippen molar-refractivity contribution >= 4 is 11.6 Å². The van der Waals surface area contributed by atoms with E-state index in [0.29, 0.717) is 13.2 Å². The van der Waals surface area contributed by atoms with Crippen LogP contribution in [0, 0.1) is 0 Å². The van der Waals surface area contributed by atoms with E-state index in [9.17, 15) is 0 Å². The van der Waals surface area contributed by atoms with Crippen LogP contribution in [0.4, 0.5) is 0 Å². The fourth-order valence-corrected chi connectivity index (χ4v) is 5.03. The maximum atomic E-state index is 6.40. The summed E-state index contributed by atoms with van der Waals surface area (Å²) in [4.78, 5) is 1.45. The van der Waals surface area contributed by atoms with Crippen LogP contribution in [0.3, 0.4) is 0 Å². The third-order valence-electron chi connectivity index (χ3n) is 6.30. The van der Waals surface area contributed by atoms with Crippen LogP contribution < -0.4 is 23.8 Å². The first-order valence-electron chi connectivity index (χ1n) is 10.9. The normalized spacial score (nSPS) is 19.2. The molecule has 2 aliphatic rings. The highest BCUT2D eigenvalue weighted by atomic mass is 35.5. The number of hydrogen-bond acceptors (Lipinski definition) is 4. The lowest BCUT2D eigenvalue weighted by atomic mass is 9.87. The van der Waals surface area contributed by atoms with E-state index in [4.69, 9.17) is 30.5 Å². The third-order valence-corrected chi connectivity index (χ3v) is 6.53. The Morgan fingerprint density at radius 2 is 1.72 bits per heavy atom. The van der Waals surface area contributed by atoms with E-state index >= 15 is 0 Å². The monoisotopic (exact) mass is 452 g/mol. The topological polar surface area (TPSA) is 41.4 Å². The summed E-state index contributed by atoms with van der Waals surface area (Å²) in [5.74, 6) is 3.17. The number of benzene rings is 3. The molecule has 5 nitrogen and oxygen atoms in total. The number of halogens is 1. The molecular weight excluding hydrogens is 426 g/mol. The van der Waals surface area contributed by atoms with Gasteiger partial charge in [0, 0.05) is 28.1 Å². The Hall–Kier alpha value is -2.89. The highest BCUT2D eigenvalue weighted by molar-refractivity contribution is 6.30. The van der Waals surface area contributed by atoms with Crippen molar-refractivity contribution in [2.75, 3.05) is 34.0 Å². The van der Waals surface area contributed by atoms with E-state index in [1.165, 1.54) is 27.2 Å². The highest BCUT2D eigenvalue weighted by Gasteiger charge is 2.34. The molecule has 2 aliphatic heterocycles. The molecule has 0 fully saturated rings. The van der Waals surface area contributed by atoms with Gasteiger partial charge in [0.2, 0.25) is 0 Å². The first kappa shape index (κ1) is 21.0. The van der Waals surface area contributed by atoms with Crippen molar-refractivity contribution < 1.29 is 23.8 Å². The van der Waals surface area contributed by atoms with Crippen LogP contribution in [0.15, 0.2) is 54.6 Å². The number of quaternary nitrogens is 1. The molecule has 0 saturated carbocycles. The van der Waals surface area contributed by atoms with Gasteiger partial charge in [0.25, 0.3) is 0 Å². The van der Waals surface area contributed by atoms with Crippen LogP contribution >= 0.6 is 11.6 Å². The summed E-state index contributed by atoms with van der Waals surface area (Å²) < 4.78 is 22.7. The van der Waals surface area contributed by atoms with E-state index in [2.05, 4.69) is 36.4 Å².